The molecule has 0 spiro atoms. The van der Waals surface area contributed by atoms with Crippen molar-refractivity contribution in [1.82, 2.24) is 19.9 Å². The molecule has 0 atom stereocenters. The van der Waals surface area contributed by atoms with Crippen molar-refractivity contribution in [2.24, 2.45) is 0 Å². The third-order valence-corrected chi connectivity index (χ3v) is 6.10. The summed E-state index contributed by atoms with van der Waals surface area (Å²) in [5.74, 6) is 0.465. The van der Waals surface area contributed by atoms with E-state index in [0.29, 0.717) is 34.5 Å². The molecule has 2 aromatic heterocycles. The fourth-order valence-electron chi connectivity index (χ4n) is 3.51. The number of aryl methyl sites for hydroxylation is 3. The Morgan fingerprint density at radius 1 is 1.03 bits per heavy atom. The van der Waals surface area contributed by atoms with E-state index in [1.54, 1.807) is 53.2 Å². The van der Waals surface area contributed by atoms with Crippen LogP contribution in [-0.2, 0) is 6.42 Å². The van der Waals surface area contributed by atoms with Gasteiger partial charge in [-0.3, -0.25) is 14.2 Å². The van der Waals surface area contributed by atoms with Crippen molar-refractivity contribution in [2.75, 3.05) is 6.54 Å². The maximum Gasteiger partial charge on any atom is 0.265 e. The Bertz CT molecular complexity index is 1290. The van der Waals surface area contributed by atoms with Gasteiger partial charge in [-0.1, -0.05) is 12.1 Å². The molecule has 152 valence electrons. The van der Waals surface area contributed by atoms with Crippen LogP contribution in [0.15, 0.2) is 53.3 Å². The van der Waals surface area contributed by atoms with Crippen molar-refractivity contribution >= 4 is 28.1 Å². The number of hydrogen-bond donors (Lipinski definition) is 1. The summed E-state index contributed by atoms with van der Waals surface area (Å²) in [7, 11) is 0. The standard InChI is InChI=1S/C23H22N4O2S/c1-14-21(30-16(3)25-14)12-13-24-22(28)17-8-10-18(11-9-17)27-15(2)26-20-7-5-4-6-19(20)23(27)29/h4-11H,12-13H2,1-3H3,(H,24,28). The zero-order valence-electron chi connectivity index (χ0n) is 17.1. The lowest BCUT2D eigenvalue weighted by Crippen LogP contribution is -2.26. The van der Waals surface area contributed by atoms with Crippen LogP contribution >= 0.6 is 11.3 Å². The number of benzene rings is 2. The number of aromatic nitrogens is 3. The number of fused-ring (bicyclic) bond motifs is 1. The van der Waals surface area contributed by atoms with Crippen LogP contribution < -0.4 is 10.9 Å². The smallest absolute Gasteiger partial charge is 0.265 e. The number of carbonyl (C=O) groups is 1. The minimum absolute atomic E-state index is 0.120. The zero-order chi connectivity index (χ0) is 21.3. The van der Waals surface area contributed by atoms with E-state index in [1.807, 2.05) is 32.0 Å². The Hall–Kier alpha value is -3.32. The second-order valence-electron chi connectivity index (χ2n) is 7.11. The summed E-state index contributed by atoms with van der Waals surface area (Å²) in [5, 5.41) is 4.56. The lowest BCUT2D eigenvalue weighted by molar-refractivity contribution is 0.0954. The van der Waals surface area contributed by atoms with Crippen LogP contribution in [0.1, 0.15) is 31.8 Å². The molecule has 0 fully saturated rings. The molecule has 2 aromatic carbocycles. The van der Waals surface area contributed by atoms with Gasteiger partial charge >= 0.3 is 0 Å². The van der Waals surface area contributed by atoms with Crippen LogP contribution in [0.3, 0.4) is 0 Å². The van der Waals surface area contributed by atoms with Gasteiger partial charge in [-0.2, -0.15) is 0 Å². The number of thiazole rings is 1. The Kier molecular flexibility index (Phi) is 5.46. The third-order valence-electron chi connectivity index (χ3n) is 4.97. The van der Waals surface area contributed by atoms with E-state index in [-0.39, 0.29) is 11.5 Å². The normalized spacial score (nSPS) is 11.0. The molecule has 0 aliphatic rings. The Labute approximate surface area is 178 Å². The molecule has 0 aliphatic carbocycles. The van der Waals surface area contributed by atoms with Gasteiger partial charge in [0.2, 0.25) is 0 Å². The van der Waals surface area contributed by atoms with Gasteiger partial charge < -0.3 is 5.32 Å². The van der Waals surface area contributed by atoms with Crippen molar-refractivity contribution in [2.45, 2.75) is 27.2 Å². The molecule has 0 aliphatic heterocycles. The van der Waals surface area contributed by atoms with Crippen molar-refractivity contribution in [3.8, 4) is 5.69 Å². The van der Waals surface area contributed by atoms with Gasteiger partial charge in [0.1, 0.15) is 5.82 Å². The lowest BCUT2D eigenvalue weighted by atomic mass is 10.1. The van der Waals surface area contributed by atoms with E-state index in [0.717, 1.165) is 17.1 Å². The fourth-order valence-corrected chi connectivity index (χ4v) is 4.44. The molecule has 30 heavy (non-hydrogen) atoms. The lowest BCUT2D eigenvalue weighted by Gasteiger charge is -2.11. The maximum absolute atomic E-state index is 12.9. The SMILES string of the molecule is Cc1nc(C)c(CCNC(=O)c2ccc(-n3c(C)nc4ccccc4c3=O)cc2)s1. The van der Waals surface area contributed by atoms with Gasteiger partial charge in [0.15, 0.2) is 0 Å². The molecule has 0 radical (unpaired) electrons. The molecule has 0 saturated heterocycles. The molecule has 7 heteroatoms. The minimum Gasteiger partial charge on any atom is -0.352 e. The molecule has 4 aromatic rings. The summed E-state index contributed by atoms with van der Waals surface area (Å²) in [5.41, 5.74) is 2.82. The number of carbonyl (C=O) groups excluding carboxylic acids is 1. The second kappa shape index (κ2) is 8.20. The molecule has 6 nitrogen and oxygen atoms in total. The number of nitrogens with zero attached hydrogens (tertiary/aromatic N) is 3. The Morgan fingerprint density at radius 2 is 1.77 bits per heavy atom. The van der Waals surface area contributed by atoms with E-state index in [9.17, 15) is 9.59 Å². The average molecular weight is 419 g/mol. The first-order valence-electron chi connectivity index (χ1n) is 9.74. The first-order chi connectivity index (χ1) is 14.4. The van der Waals surface area contributed by atoms with Crippen LogP contribution in [0.4, 0.5) is 0 Å². The van der Waals surface area contributed by atoms with Crippen LogP contribution in [0.2, 0.25) is 0 Å². The van der Waals surface area contributed by atoms with E-state index in [1.165, 1.54) is 4.88 Å². The molecule has 2 heterocycles. The van der Waals surface area contributed by atoms with Gasteiger partial charge in [-0.05, 0) is 57.2 Å². The fraction of sp³-hybridized carbons (Fsp3) is 0.217. The first kappa shape index (κ1) is 20.0. The van der Waals surface area contributed by atoms with Gasteiger partial charge in [-0.25, -0.2) is 9.97 Å². The number of para-hydroxylation sites is 1. The topological polar surface area (TPSA) is 76.9 Å². The Balaban J connectivity index is 1.50. The van der Waals surface area contributed by atoms with E-state index in [2.05, 4.69) is 15.3 Å². The summed E-state index contributed by atoms with van der Waals surface area (Å²) in [6.45, 7) is 6.33. The van der Waals surface area contributed by atoms with Crippen molar-refractivity contribution in [3.63, 3.8) is 0 Å². The summed E-state index contributed by atoms with van der Waals surface area (Å²) in [4.78, 5) is 35.5. The first-order valence-corrected chi connectivity index (χ1v) is 10.6. The molecular weight excluding hydrogens is 396 g/mol. The minimum atomic E-state index is -0.138. The van der Waals surface area contributed by atoms with E-state index < -0.39 is 0 Å². The summed E-state index contributed by atoms with van der Waals surface area (Å²) in [6.07, 6.45) is 0.762. The number of amides is 1. The Morgan fingerprint density at radius 3 is 2.47 bits per heavy atom. The highest BCUT2D eigenvalue weighted by atomic mass is 32.1. The monoisotopic (exact) mass is 418 g/mol. The van der Waals surface area contributed by atoms with Crippen LogP contribution in [0.5, 0.6) is 0 Å². The quantitative estimate of drug-likeness (QED) is 0.536. The summed E-state index contributed by atoms with van der Waals surface area (Å²) >= 11 is 1.66. The highest BCUT2D eigenvalue weighted by Crippen LogP contribution is 2.17. The highest BCUT2D eigenvalue weighted by molar-refractivity contribution is 7.11. The van der Waals surface area contributed by atoms with Gasteiger partial charge in [0, 0.05) is 23.4 Å². The van der Waals surface area contributed by atoms with Gasteiger partial charge in [0.25, 0.3) is 11.5 Å². The largest absolute Gasteiger partial charge is 0.352 e. The average Bonchev–Trinajstić information content (AvgIpc) is 3.05. The number of hydrogen-bond acceptors (Lipinski definition) is 5. The molecule has 0 saturated carbocycles. The number of rotatable bonds is 5. The highest BCUT2D eigenvalue weighted by Gasteiger charge is 2.11. The van der Waals surface area contributed by atoms with Crippen LogP contribution in [0.25, 0.3) is 16.6 Å². The maximum atomic E-state index is 12.9. The third kappa shape index (κ3) is 3.89. The summed E-state index contributed by atoms with van der Waals surface area (Å²) < 4.78 is 1.57. The predicted molar refractivity (Wildman–Crippen MR) is 120 cm³/mol. The van der Waals surface area contributed by atoms with Gasteiger partial charge in [-0.15, -0.1) is 11.3 Å². The molecular formula is C23H22N4O2S. The molecule has 1 N–H and O–H groups in total. The van der Waals surface area contributed by atoms with Crippen molar-refractivity contribution in [3.05, 3.63) is 85.9 Å². The summed E-state index contributed by atoms with van der Waals surface area (Å²) in [6, 6.07) is 14.3. The van der Waals surface area contributed by atoms with E-state index >= 15 is 0 Å². The molecule has 0 bridgehead atoms. The predicted octanol–water partition coefficient (Wildman–Crippen LogP) is 3.74. The van der Waals surface area contributed by atoms with Gasteiger partial charge in [0.05, 0.1) is 27.3 Å². The van der Waals surface area contributed by atoms with Crippen molar-refractivity contribution < 1.29 is 4.79 Å². The molecule has 0 unspecified atom stereocenters. The zero-order valence-corrected chi connectivity index (χ0v) is 17.9. The van der Waals surface area contributed by atoms with Crippen LogP contribution in [0, 0.1) is 20.8 Å². The van der Waals surface area contributed by atoms with Crippen molar-refractivity contribution in [1.29, 1.82) is 0 Å². The van der Waals surface area contributed by atoms with E-state index in [4.69, 9.17) is 0 Å². The van der Waals surface area contributed by atoms with Crippen LogP contribution in [-0.4, -0.2) is 27.0 Å². The number of nitrogens with one attached hydrogen (secondary N) is 1. The molecule has 4 rings (SSSR count). The second-order valence-corrected chi connectivity index (χ2v) is 8.40. The molecule has 1 amide bonds.